The van der Waals surface area contributed by atoms with Crippen LogP contribution in [0.3, 0.4) is 0 Å². The molecule has 0 bridgehead atoms. The van der Waals surface area contributed by atoms with Gasteiger partial charge in [-0.25, -0.2) is 13.1 Å². The van der Waals surface area contributed by atoms with Gasteiger partial charge >= 0.3 is 0 Å². The number of aryl methyl sites for hydroxylation is 1. The van der Waals surface area contributed by atoms with Gasteiger partial charge in [-0.1, -0.05) is 79.2 Å². The Labute approximate surface area is 214 Å². The fraction of sp³-hybridized carbons (Fsp3) is 0.600. The van der Waals surface area contributed by atoms with E-state index in [9.17, 15) is 8.42 Å². The molecule has 2 aromatic rings. The van der Waals surface area contributed by atoms with Crippen LogP contribution in [0.5, 0.6) is 5.75 Å². The van der Waals surface area contributed by atoms with E-state index in [1.165, 1.54) is 16.7 Å². The van der Waals surface area contributed by atoms with Crippen molar-refractivity contribution in [1.82, 2.24) is 4.72 Å². The zero-order valence-electron chi connectivity index (χ0n) is 23.0. The molecule has 0 aliphatic heterocycles. The van der Waals surface area contributed by atoms with Gasteiger partial charge in [-0.2, -0.15) is 0 Å². The van der Waals surface area contributed by atoms with Crippen LogP contribution in [0.4, 0.5) is 0 Å². The number of unbranched alkanes of at least 4 members (excludes halogenated alkanes) is 2. The monoisotopic (exact) mass is 501 g/mol. The summed E-state index contributed by atoms with van der Waals surface area (Å²) in [7, 11) is -3.48. The molecule has 0 amide bonds. The van der Waals surface area contributed by atoms with E-state index >= 15 is 0 Å². The van der Waals surface area contributed by atoms with E-state index in [0.29, 0.717) is 18.0 Å². The predicted octanol–water partition coefficient (Wildman–Crippen LogP) is 7.54. The maximum atomic E-state index is 12.6. The van der Waals surface area contributed by atoms with Crippen molar-refractivity contribution in [2.75, 3.05) is 13.2 Å². The topological polar surface area (TPSA) is 55.4 Å². The lowest BCUT2D eigenvalue weighted by Gasteiger charge is -2.30. The number of hydrogen-bond donors (Lipinski definition) is 1. The first-order chi connectivity index (χ1) is 16.5. The molecule has 2 aromatic carbocycles. The largest absolute Gasteiger partial charge is 0.493 e. The molecule has 0 aromatic heterocycles. The highest BCUT2D eigenvalue weighted by atomic mass is 32.2. The van der Waals surface area contributed by atoms with E-state index in [1.807, 2.05) is 12.1 Å². The molecule has 196 valence electrons. The second-order valence-corrected chi connectivity index (χ2v) is 12.7. The van der Waals surface area contributed by atoms with Gasteiger partial charge in [-0.15, -0.1) is 0 Å². The van der Waals surface area contributed by atoms with Gasteiger partial charge in [0.05, 0.1) is 11.5 Å². The third kappa shape index (κ3) is 8.35. The minimum absolute atomic E-state index is 0.0247. The number of nitrogens with one attached hydrogen (secondary N) is 1. The second-order valence-electron chi connectivity index (χ2n) is 10.9. The Morgan fingerprint density at radius 1 is 0.829 bits per heavy atom. The fourth-order valence-corrected chi connectivity index (χ4v) is 4.99. The van der Waals surface area contributed by atoms with Crippen molar-refractivity contribution >= 4 is 10.0 Å². The summed E-state index contributed by atoms with van der Waals surface area (Å²) in [6, 6.07) is 13.9. The summed E-state index contributed by atoms with van der Waals surface area (Å²) in [4.78, 5) is 0.329. The van der Waals surface area contributed by atoms with Crippen LogP contribution < -0.4 is 9.46 Å². The Balaban J connectivity index is 1.91. The van der Waals surface area contributed by atoms with Crippen LogP contribution in [0.15, 0.2) is 47.4 Å². The molecular weight excluding hydrogens is 454 g/mol. The lowest BCUT2D eigenvalue weighted by molar-refractivity contribution is 0.296. The fourth-order valence-electron chi connectivity index (χ4n) is 3.92. The van der Waals surface area contributed by atoms with Crippen LogP contribution in [0.1, 0.15) is 104 Å². The first kappa shape index (κ1) is 29.4. The summed E-state index contributed by atoms with van der Waals surface area (Å²) < 4.78 is 34.1. The lowest BCUT2D eigenvalue weighted by Crippen LogP contribution is -2.25. The van der Waals surface area contributed by atoms with Crippen molar-refractivity contribution < 1.29 is 13.2 Å². The Hall–Kier alpha value is -1.85. The van der Waals surface area contributed by atoms with Gasteiger partial charge in [-0.05, 0) is 78.7 Å². The molecule has 0 aliphatic carbocycles. The Kier molecular flexibility index (Phi) is 10.8. The average Bonchev–Trinajstić information content (AvgIpc) is 2.85. The highest BCUT2D eigenvalue weighted by Crippen LogP contribution is 2.38. The van der Waals surface area contributed by atoms with Crippen LogP contribution in [-0.2, 0) is 27.3 Å². The third-order valence-corrected chi connectivity index (χ3v) is 8.91. The van der Waals surface area contributed by atoms with Gasteiger partial charge < -0.3 is 4.74 Å². The van der Waals surface area contributed by atoms with Gasteiger partial charge in [-0.3, -0.25) is 0 Å². The highest BCUT2D eigenvalue weighted by molar-refractivity contribution is 7.89. The quantitative estimate of drug-likeness (QED) is 0.256. The SMILES string of the molecule is CCCCc1ccc(S(=O)(=O)NCCCCOc2ccc(C(C)(C)CC)cc2C(C)(C)CC)cc1. The number of rotatable bonds is 15. The summed E-state index contributed by atoms with van der Waals surface area (Å²) in [6.07, 6.45) is 6.85. The standard InChI is InChI=1S/C30H47NO3S/c1-8-11-14-24-15-18-26(19-16-24)35(32,33)31-21-12-13-22-34-28-20-17-25(29(4,5)9-2)23-27(28)30(6,7)10-3/h15-20,23,31H,8-14,21-22H2,1-7H3. The third-order valence-electron chi connectivity index (χ3n) is 7.43. The van der Waals surface area contributed by atoms with E-state index in [0.717, 1.165) is 50.7 Å². The number of ether oxygens (including phenoxy) is 1. The molecule has 5 heteroatoms. The second kappa shape index (κ2) is 12.9. The highest BCUT2D eigenvalue weighted by Gasteiger charge is 2.26. The molecule has 0 unspecified atom stereocenters. The maximum absolute atomic E-state index is 12.6. The minimum atomic E-state index is -3.48. The Bertz CT molecular complexity index is 1020. The van der Waals surface area contributed by atoms with Crippen LogP contribution in [0.25, 0.3) is 0 Å². The smallest absolute Gasteiger partial charge is 0.240 e. The maximum Gasteiger partial charge on any atom is 0.240 e. The molecule has 0 radical (unpaired) electrons. The molecule has 0 saturated carbocycles. The summed E-state index contributed by atoms with van der Waals surface area (Å²) in [5.41, 5.74) is 3.93. The molecule has 0 saturated heterocycles. The van der Waals surface area contributed by atoms with Crippen molar-refractivity contribution in [2.45, 2.75) is 109 Å². The van der Waals surface area contributed by atoms with Crippen molar-refractivity contribution in [3.63, 3.8) is 0 Å². The summed E-state index contributed by atoms with van der Waals surface area (Å²) in [6.45, 7) is 16.7. The number of sulfonamides is 1. The first-order valence-electron chi connectivity index (χ1n) is 13.3. The van der Waals surface area contributed by atoms with Crippen LogP contribution in [-0.4, -0.2) is 21.6 Å². The van der Waals surface area contributed by atoms with Crippen LogP contribution in [0.2, 0.25) is 0 Å². The molecule has 4 nitrogen and oxygen atoms in total. The van der Waals surface area contributed by atoms with Crippen molar-refractivity contribution in [2.24, 2.45) is 0 Å². The summed E-state index contributed by atoms with van der Waals surface area (Å²) in [5, 5.41) is 0. The van der Waals surface area contributed by atoms with Gasteiger partial charge in [0, 0.05) is 12.1 Å². The Morgan fingerprint density at radius 2 is 1.49 bits per heavy atom. The zero-order chi connectivity index (χ0) is 26.1. The molecule has 35 heavy (non-hydrogen) atoms. The molecule has 1 N–H and O–H groups in total. The Morgan fingerprint density at radius 3 is 2.09 bits per heavy atom. The summed E-state index contributed by atoms with van der Waals surface area (Å²) in [5.74, 6) is 0.941. The predicted molar refractivity (Wildman–Crippen MR) is 148 cm³/mol. The van der Waals surface area contributed by atoms with Crippen LogP contribution >= 0.6 is 0 Å². The van der Waals surface area contributed by atoms with Gasteiger partial charge in [0.2, 0.25) is 10.0 Å². The first-order valence-corrected chi connectivity index (χ1v) is 14.8. The number of benzene rings is 2. The number of hydrogen-bond acceptors (Lipinski definition) is 3. The van der Waals surface area contributed by atoms with Gasteiger partial charge in [0.15, 0.2) is 0 Å². The van der Waals surface area contributed by atoms with E-state index in [-0.39, 0.29) is 10.8 Å². The average molecular weight is 502 g/mol. The van der Waals surface area contributed by atoms with Gasteiger partial charge in [0.25, 0.3) is 0 Å². The van der Waals surface area contributed by atoms with Crippen molar-refractivity contribution in [3.8, 4) is 5.75 Å². The molecule has 0 heterocycles. The van der Waals surface area contributed by atoms with Crippen LogP contribution in [0, 0.1) is 0 Å². The molecule has 0 fully saturated rings. The summed E-state index contributed by atoms with van der Waals surface area (Å²) >= 11 is 0. The van der Waals surface area contributed by atoms with Crippen molar-refractivity contribution in [3.05, 3.63) is 59.2 Å². The van der Waals surface area contributed by atoms with E-state index in [2.05, 4.69) is 71.4 Å². The van der Waals surface area contributed by atoms with Crippen molar-refractivity contribution in [1.29, 1.82) is 0 Å². The van der Waals surface area contributed by atoms with E-state index < -0.39 is 10.0 Å². The molecule has 2 rings (SSSR count). The van der Waals surface area contributed by atoms with E-state index in [4.69, 9.17) is 4.74 Å². The molecule has 0 atom stereocenters. The lowest BCUT2D eigenvalue weighted by atomic mass is 9.76. The molecular formula is C30H47NO3S. The molecule has 0 aliphatic rings. The minimum Gasteiger partial charge on any atom is -0.493 e. The van der Waals surface area contributed by atoms with E-state index in [1.54, 1.807) is 12.1 Å². The van der Waals surface area contributed by atoms with Gasteiger partial charge in [0.1, 0.15) is 5.75 Å². The molecule has 0 spiro atoms. The normalized spacial score (nSPS) is 12.7. The zero-order valence-corrected chi connectivity index (χ0v) is 23.9.